The second kappa shape index (κ2) is 11.0. The Kier molecular flexibility index (Phi) is 7.96. The molecule has 0 saturated carbocycles. The average molecular weight is 595 g/mol. The van der Waals surface area contributed by atoms with E-state index in [1.54, 1.807) is 30.5 Å². The molecule has 4 aromatic rings. The number of hydrogen-bond donors (Lipinski definition) is 0. The molecule has 0 radical (unpaired) electrons. The van der Waals surface area contributed by atoms with Crippen LogP contribution in [0.3, 0.4) is 0 Å². The van der Waals surface area contributed by atoms with Crippen molar-refractivity contribution in [2.75, 3.05) is 25.5 Å². The highest BCUT2D eigenvalue weighted by molar-refractivity contribution is 7.86. The number of nitrogens with zero attached hydrogens (tertiary/aromatic N) is 4. The molecule has 0 unspecified atom stereocenters. The largest absolute Gasteiger partial charge is 0.493 e. The molecule has 1 amide bonds. The number of methoxy groups -OCH3 is 2. The van der Waals surface area contributed by atoms with Crippen molar-refractivity contribution >= 4 is 32.8 Å². The summed E-state index contributed by atoms with van der Waals surface area (Å²) in [6, 6.07) is 9.38. The van der Waals surface area contributed by atoms with E-state index < -0.39 is 45.6 Å². The molecule has 3 heterocycles. The average Bonchev–Trinajstić information content (AvgIpc) is 3.41. The second-order valence-electron chi connectivity index (χ2n) is 9.49. The normalized spacial score (nSPS) is 12.4. The number of aromatic nitrogens is 3. The van der Waals surface area contributed by atoms with Crippen LogP contribution in [0.15, 0.2) is 53.3 Å². The molecule has 0 saturated heterocycles. The molecule has 0 fully saturated rings. The molecule has 0 atom stereocenters. The highest BCUT2D eigenvalue weighted by Gasteiger charge is 2.51. The summed E-state index contributed by atoms with van der Waals surface area (Å²) >= 11 is 0. The number of anilines is 1. The van der Waals surface area contributed by atoms with Crippen LogP contribution in [0, 0.1) is 0 Å². The van der Waals surface area contributed by atoms with Crippen molar-refractivity contribution in [1.82, 2.24) is 15.1 Å². The summed E-state index contributed by atoms with van der Waals surface area (Å²) in [7, 11) is -1.23. The summed E-state index contributed by atoms with van der Waals surface area (Å²) in [5.74, 6) is -0.521. The quantitative estimate of drug-likeness (QED) is 0.253. The van der Waals surface area contributed by atoms with Gasteiger partial charge >= 0.3 is 6.18 Å². The van der Waals surface area contributed by atoms with Crippen LogP contribution in [0.5, 0.6) is 11.5 Å². The third-order valence-corrected chi connectivity index (χ3v) is 6.57. The van der Waals surface area contributed by atoms with E-state index in [9.17, 15) is 26.4 Å². The van der Waals surface area contributed by atoms with Gasteiger partial charge in [0, 0.05) is 35.5 Å². The Balaban J connectivity index is 1.57. The van der Waals surface area contributed by atoms with E-state index in [0.29, 0.717) is 40.1 Å². The molecule has 41 heavy (non-hydrogen) atoms. The SMILES string of the molecule is COc1cc2cc(-c3ccc(CC(=O)N(OS(C)(=O)=O)c4cc(C(C)(C)C(F)(F)F)no4)cn3)cnc2cc1OC. The van der Waals surface area contributed by atoms with Gasteiger partial charge in [0.25, 0.3) is 21.9 Å². The van der Waals surface area contributed by atoms with E-state index in [1.807, 2.05) is 6.07 Å². The summed E-state index contributed by atoms with van der Waals surface area (Å²) in [6.07, 6.45) is -1.44. The number of hydroxylamine groups is 1. The number of alkyl halides is 3. The van der Waals surface area contributed by atoms with Crippen LogP contribution >= 0.6 is 0 Å². The van der Waals surface area contributed by atoms with Crippen molar-refractivity contribution in [3.05, 3.63) is 60.0 Å². The van der Waals surface area contributed by atoms with E-state index in [4.69, 9.17) is 18.3 Å². The molecule has 15 heteroatoms. The number of halogens is 3. The Hall–Kier alpha value is -4.24. The van der Waals surface area contributed by atoms with Crippen molar-refractivity contribution in [2.24, 2.45) is 0 Å². The fourth-order valence-corrected chi connectivity index (χ4v) is 4.11. The molecular formula is C26H25F3N4O7S. The highest BCUT2D eigenvalue weighted by atomic mass is 32.2. The van der Waals surface area contributed by atoms with Gasteiger partial charge in [-0.15, -0.1) is 9.35 Å². The van der Waals surface area contributed by atoms with Crippen LogP contribution in [0.2, 0.25) is 0 Å². The minimum Gasteiger partial charge on any atom is -0.493 e. The van der Waals surface area contributed by atoms with Gasteiger partial charge in [0.15, 0.2) is 11.5 Å². The Labute approximate surface area is 232 Å². The van der Waals surface area contributed by atoms with Gasteiger partial charge in [-0.2, -0.15) is 21.6 Å². The molecule has 0 aliphatic heterocycles. The molecule has 0 aliphatic carbocycles. The maximum absolute atomic E-state index is 13.4. The Morgan fingerprint density at radius 3 is 2.27 bits per heavy atom. The van der Waals surface area contributed by atoms with Crippen LogP contribution in [-0.4, -0.2) is 56.1 Å². The van der Waals surface area contributed by atoms with Gasteiger partial charge < -0.3 is 14.0 Å². The number of carbonyl (C=O) groups excluding carboxylic acids is 1. The fourth-order valence-electron chi connectivity index (χ4n) is 3.68. The minimum atomic E-state index is -4.69. The first kappa shape index (κ1) is 29.7. The lowest BCUT2D eigenvalue weighted by atomic mass is 9.89. The summed E-state index contributed by atoms with van der Waals surface area (Å²) in [5, 5.41) is 4.41. The molecule has 0 spiro atoms. The van der Waals surface area contributed by atoms with Crippen molar-refractivity contribution in [3.8, 4) is 22.8 Å². The molecule has 4 rings (SSSR count). The Morgan fingerprint density at radius 1 is 1.00 bits per heavy atom. The first-order valence-electron chi connectivity index (χ1n) is 11.9. The first-order valence-corrected chi connectivity index (χ1v) is 13.7. The Morgan fingerprint density at radius 2 is 1.68 bits per heavy atom. The molecule has 0 aliphatic rings. The van der Waals surface area contributed by atoms with Crippen molar-refractivity contribution < 1.29 is 44.7 Å². The fraction of sp³-hybridized carbons (Fsp3) is 0.308. The van der Waals surface area contributed by atoms with E-state index >= 15 is 0 Å². The van der Waals surface area contributed by atoms with Gasteiger partial charge in [-0.25, -0.2) is 0 Å². The molecule has 0 N–H and O–H groups in total. The molecule has 0 bridgehead atoms. The zero-order valence-corrected chi connectivity index (χ0v) is 23.3. The standard InChI is InChI=1S/C26H25F3N4O7S/c1-25(2,26(27,28)29)22-12-24(39-32-22)33(40-41(5,35)36)23(34)8-15-6-7-18(30-13-15)17-9-16-10-20(37-3)21(38-4)11-19(16)31-14-17/h6-7,9-14H,8H2,1-5H3. The number of ether oxygens (including phenoxy) is 2. The van der Waals surface area contributed by atoms with Crippen LogP contribution in [-0.2, 0) is 31.0 Å². The van der Waals surface area contributed by atoms with Gasteiger partial charge in [-0.05, 0) is 37.6 Å². The Bertz CT molecular complexity index is 1690. The number of fused-ring (bicyclic) bond motifs is 1. The predicted molar refractivity (Wildman–Crippen MR) is 141 cm³/mol. The molecule has 11 nitrogen and oxygen atoms in total. The van der Waals surface area contributed by atoms with Gasteiger partial charge in [-0.1, -0.05) is 11.2 Å². The highest BCUT2D eigenvalue weighted by Crippen LogP contribution is 2.41. The van der Waals surface area contributed by atoms with Crippen molar-refractivity contribution in [1.29, 1.82) is 0 Å². The van der Waals surface area contributed by atoms with E-state index in [0.717, 1.165) is 25.3 Å². The number of rotatable bonds is 9. The van der Waals surface area contributed by atoms with Crippen molar-refractivity contribution in [3.63, 3.8) is 0 Å². The summed E-state index contributed by atoms with van der Waals surface area (Å²) in [6.45, 7) is 1.73. The number of amides is 1. The van der Waals surface area contributed by atoms with Crippen molar-refractivity contribution in [2.45, 2.75) is 31.9 Å². The number of benzene rings is 1. The van der Waals surface area contributed by atoms with Gasteiger partial charge in [0.05, 0.1) is 38.1 Å². The predicted octanol–water partition coefficient (Wildman–Crippen LogP) is 4.61. The van der Waals surface area contributed by atoms with E-state index in [-0.39, 0.29) is 5.06 Å². The van der Waals surface area contributed by atoms with Crippen LogP contribution in [0.25, 0.3) is 22.2 Å². The number of carbonyl (C=O) groups is 1. The lowest BCUT2D eigenvalue weighted by Gasteiger charge is -2.24. The molecule has 1 aromatic carbocycles. The summed E-state index contributed by atoms with van der Waals surface area (Å²) in [4.78, 5) is 21.8. The first-order chi connectivity index (χ1) is 19.1. The van der Waals surface area contributed by atoms with Gasteiger partial charge in [0.2, 0.25) is 0 Å². The van der Waals surface area contributed by atoms with Gasteiger partial charge in [-0.3, -0.25) is 14.8 Å². The van der Waals surface area contributed by atoms with Gasteiger partial charge in [0.1, 0.15) is 11.1 Å². The van der Waals surface area contributed by atoms with Crippen LogP contribution < -0.4 is 14.5 Å². The molecule has 218 valence electrons. The second-order valence-corrected chi connectivity index (χ2v) is 11.0. The topological polar surface area (TPSA) is 134 Å². The third kappa shape index (κ3) is 6.41. The van der Waals surface area contributed by atoms with Crippen LogP contribution in [0.1, 0.15) is 25.1 Å². The van der Waals surface area contributed by atoms with E-state index in [1.165, 1.54) is 20.4 Å². The zero-order chi connectivity index (χ0) is 30.2. The monoisotopic (exact) mass is 594 g/mol. The lowest BCUT2D eigenvalue weighted by molar-refractivity contribution is -0.181. The third-order valence-electron chi connectivity index (χ3n) is 6.15. The lowest BCUT2D eigenvalue weighted by Crippen LogP contribution is -2.37. The number of hydrogen-bond acceptors (Lipinski definition) is 10. The summed E-state index contributed by atoms with van der Waals surface area (Å²) < 4.78 is 84.2. The zero-order valence-electron chi connectivity index (χ0n) is 22.5. The molecule has 3 aromatic heterocycles. The maximum atomic E-state index is 13.4. The van der Waals surface area contributed by atoms with E-state index in [2.05, 4.69) is 15.1 Å². The maximum Gasteiger partial charge on any atom is 0.399 e. The molecular weight excluding hydrogens is 569 g/mol. The smallest absolute Gasteiger partial charge is 0.399 e. The van der Waals surface area contributed by atoms with Crippen LogP contribution in [0.4, 0.5) is 19.1 Å². The number of pyridine rings is 2. The summed E-state index contributed by atoms with van der Waals surface area (Å²) in [5.41, 5.74) is -0.774. The minimum absolute atomic E-state index is 0.251.